The zero-order chi connectivity index (χ0) is 24.2. The van der Waals surface area contributed by atoms with Crippen molar-refractivity contribution in [1.82, 2.24) is 0 Å². The summed E-state index contributed by atoms with van der Waals surface area (Å²) in [6.45, 7) is 4.52. The van der Waals surface area contributed by atoms with E-state index in [2.05, 4.69) is 32.0 Å². The van der Waals surface area contributed by atoms with Crippen LogP contribution in [-0.4, -0.2) is 0 Å². The first-order valence-electron chi connectivity index (χ1n) is 13.8. The molecular weight excluding hydrogens is 529 g/mol. The molecule has 34 heavy (non-hydrogen) atoms. The van der Waals surface area contributed by atoms with Crippen LogP contribution >= 0.6 is 17.1 Å². The van der Waals surface area contributed by atoms with Crippen LogP contribution in [0.5, 0.6) is 0 Å². The third kappa shape index (κ3) is 19.9. The largest absolute Gasteiger partial charge is 2.00 e. The molecule has 1 aromatic carbocycles. The van der Waals surface area contributed by atoms with Gasteiger partial charge in [0.25, 0.3) is 0 Å². The Morgan fingerprint density at radius 1 is 0.647 bits per heavy atom. The molecule has 0 saturated heterocycles. The average Bonchev–Trinajstić information content (AvgIpc) is 2.77. The number of hydrogen-bond acceptors (Lipinski definition) is 4. The molecule has 0 aliphatic rings. The van der Waals surface area contributed by atoms with Crippen molar-refractivity contribution in [3.05, 3.63) is 29.3 Å². The van der Waals surface area contributed by atoms with Gasteiger partial charge in [0.2, 0.25) is 0 Å². The van der Waals surface area contributed by atoms with Crippen molar-refractivity contribution in [2.24, 2.45) is 0 Å². The maximum Gasteiger partial charge on any atom is 2.00 e. The van der Waals surface area contributed by atoms with Crippen molar-refractivity contribution >= 4 is 28.9 Å². The van der Waals surface area contributed by atoms with E-state index in [1.54, 1.807) is 0 Å². The number of benzene rings is 1. The Hall–Kier alpha value is 0.763. The number of aryl methyl sites for hydroxylation is 2. The Kier molecular flexibility index (Phi) is 23.4. The molecule has 2 nitrogen and oxygen atoms in total. The van der Waals surface area contributed by atoms with Crippen LogP contribution in [0.2, 0.25) is 0 Å². The van der Waals surface area contributed by atoms with Crippen LogP contribution in [0.4, 0.5) is 0 Å². The number of rotatable bonds is 22. The molecule has 0 atom stereocenters. The summed E-state index contributed by atoms with van der Waals surface area (Å²) in [4.78, 5) is 24.5. The number of unbranched alkanes of at least 4 members (excludes halogenated alkanes) is 16. The first-order chi connectivity index (χ1) is 16.0. The summed E-state index contributed by atoms with van der Waals surface area (Å²) in [7, 11) is 0. The average molecular weight is 578 g/mol. The maximum atomic E-state index is 11.8. The Labute approximate surface area is 233 Å². The van der Waals surface area contributed by atoms with E-state index in [9.17, 15) is 9.79 Å². The van der Waals surface area contributed by atoms with E-state index in [4.69, 9.17) is 11.8 Å². The standard InChI is InChI=1S/C28H51O2PS2.Zn/c1-3-5-7-9-11-13-15-17-19-21-26-23-24-27(28(25-26)33-31(29,30)32)22-20-18-16-14-12-10-8-6-4-2;/h23-25H,3-22H2,1-2H3,(H2,29,30,32);/q;+2/p-2. The maximum absolute atomic E-state index is 11.8. The molecule has 6 heteroatoms. The topological polar surface area (TPSA) is 46.1 Å². The minimum Gasteiger partial charge on any atom is -0.824 e. The van der Waals surface area contributed by atoms with Crippen LogP contribution in [0.1, 0.15) is 141 Å². The van der Waals surface area contributed by atoms with E-state index in [-0.39, 0.29) is 19.5 Å². The summed E-state index contributed by atoms with van der Waals surface area (Å²) in [5, 5.41) is 0. The first kappa shape index (κ1) is 34.8. The van der Waals surface area contributed by atoms with Crippen molar-refractivity contribution < 1.29 is 29.3 Å². The smallest absolute Gasteiger partial charge is 0.824 e. The van der Waals surface area contributed by atoms with Crippen molar-refractivity contribution in [1.29, 1.82) is 0 Å². The summed E-state index contributed by atoms with van der Waals surface area (Å²) in [5.41, 5.74) is -1.40. The van der Waals surface area contributed by atoms with Crippen molar-refractivity contribution in [3.8, 4) is 0 Å². The van der Waals surface area contributed by atoms with Gasteiger partial charge >= 0.3 is 19.5 Å². The SMILES string of the molecule is CCCCCCCCCCCc1ccc(CCCCCCCCCCC)c(SP([O-])([O-])=S)c1.[Zn+2]. The second-order valence-corrected chi connectivity index (χ2v) is 15.3. The molecule has 0 spiro atoms. The van der Waals surface area contributed by atoms with Crippen LogP contribution in [0.15, 0.2) is 23.1 Å². The van der Waals surface area contributed by atoms with E-state index in [1.807, 2.05) is 0 Å². The molecular formula is C28H49O2PS2Zn. The third-order valence-corrected chi connectivity index (χ3v) is 9.19. The molecule has 0 fully saturated rings. The molecule has 0 aliphatic heterocycles. The van der Waals surface area contributed by atoms with Gasteiger partial charge in [-0.1, -0.05) is 129 Å². The van der Waals surface area contributed by atoms with Gasteiger partial charge in [-0.15, -0.1) is 23.2 Å². The van der Waals surface area contributed by atoms with E-state index in [0.29, 0.717) is 0 Å². The molecule has 0 unspecified atom stereocenters. The van der Waals surface area contributed by atoms with Crippen LogP contribution in [0, 0.1) is 0 Å². The monoisotopic (exact) mass is 576 g/mol. The fourth-order valence-electron chi connectivity index (χ4n) is 4.43. The molecule has 192 valence electrons. The summed E-state index contributed by atoms with van der Waals surface area (Å²) in [6.07, 6.45) is 25.6. The molecule has 0 saturated carbocycles. The molecule has 0 aromatic heterocycles. The van der Waals surface area contributed by atoms with Crippen molar-refractivity contribution in [3.63, 3.8) is 0 Å². The molecule has 1 aromatic rings. The second kappa shape index (κ2) is 22.9. The Morgan fingerprint density at radius 2 is 1.06 bits per heavy atom. The van der Waals surface area contributed by atoms with E-state index in [0.717, 1.165) is 41.1 Å². The summed E-state index contributed by atoms with van der Waals surface area (Å²) in [5.74, 6) is 0. The fourth-order valence-corrected chi connectivity index (χ4v) is 7.12. The molecule has 0 amide bonds. The van der Waals surface area contributed by atoms with Gasteiger partial charge in [-0.3, -0.25) is 0 Å². The van der Waals surface area contributed by atoms with Gasteiger partial charge in [-0.25, -0.2) is 0 Å². The molecule has 1 rings (SSSR count). The third-order valence-electron chi connectivity index (χ3n) is 6.46. The minimum absolute atomic E-state index is 0. The Bertz CT molecular complexity index is 651. The van der Waals surface area contributed by atoms with Crippen molar-refractivity contribution in [2.75, 3.05) is 0 Å². The van der Waals surface area contributed by atoms with Crippen LogP contribution < -0.4 is 9.79 Å². The predicted molar refractivity (Wildman–Crippen MR) is 148 cm³/mol. The zero-order valence-electron chi connectivity index (χ0n) is 22.2. The Balaban J connectivity index is 0.0000109. The zero-order valence-corrected chi connectivity index (χ0v) is 27.7. The van der Waals surface area contributed by atoms with Gasteiger partial charge in [0.1, 0.15) is 0 Å². The van der Waals surface area contributed by atoms with Gasteiger partial charge in [0.05, 0.1) is 0 Å². The first-order valence-corrected chi connectivity index (χ1v) is 17.9. The van der Waals surface area contributed by atoms with Gasteiger partial charge in [-0.05, 0) is 42.9 Å². The minimum atomic E-state index is -3.80. The predicted octanol–water partition coefficient (Wildman–Crippen LogP) is 8.87. The molecule has 0 heterocycles. The summed E-state index contributed by atoms with van der Waals surface area (Å²) >= 11 is 5.61. The quantitative estimate of drug-likeness (QED) is 0.0784. The molecule has 0 bridgehead atoms. The molecule has 0 N–H and O–H groups in total. The van der Waals surface area contributed by atoms with E-state index < -0.39 is 5.69 Å². The van der Waals surface area contributed by atoms with Gasteiger partial charge in [-0.2, -0.15) is 5.69 Å². The number of hydrogen-bond donors (Lipinski definition) is 0. The summed E-state index contributed by atoms with van der Waals surface area (Å²) < 4.78 is 0. The van der Waals surface area contributed by atoms with Crippen LogP contribution in [0.25, 0.3) is 0 Å². The van der Waals surface area contributed by atoms with E-state index in [1.165, 1.54) is 115 Å². The van der Waals surface area contributed by atoms with Gasteiger partial charge in [0, 0.05) is 4.90 Å². The summed E-state index contributed by atoms with van der Waals surface area (Å²) in [6, 6.07) is 6.45. The molecule has 0 aliphatic carbocycles. The van der Waals surface area contributed by atoms with Crippen molar-refractivity contribution in [2.45, 2.75) is 147 Å². The van der Waals surface area contributed by atoms with Crippen LogP contribution in [-0.2, 0) is 44.1 Å². The molecule has 0 radical (unpaired) electrons. The van der Waals surface area contributed by atoms with E-state index >= 15 is 0 Å². The fraction of sp³-hybridized carbons (Fsp3) is 0.786. The van der Waals surface area contributed by atoms with Gasteiger partial charge in [0.15, 0.2) is 0 Å². The van der Waals surface area contributed by atoms with Gasteiger partial charge < -0.3 is 9.79 Å². The Morgan fingerprint density at radius 3 is 1.50 bits per heavy atom. The normalized spacial score (nSPS) is 11.5. The second-order valence-electron chi connectivity index (χ2n) is 9.64. The van der Waals surface area contributed by atoms with Crippen LogP contribution in [0.3, 0.4) is 0 Å².